The number of hydrogen-bond donors (Lipinski definition) is 0. The summed E-state index contributed by atoms with van der Waals surface area (Å²) in [6.07, 6.45) is -4.82. The molecule has 0 N–H and O–H groups in total. The molecule has 0 saturated carbocycles. The van der Waals surface area contributed by atoms with E-state index in [1.807, 2.05) is 0 Å². The van der Waals surface area contributed by atoms with Crippen molar-refractivity contribution in [3.63, 3.8) is 0 Å². The lowest BCUT2D eigenvalue weighted by atomic mass is 10.2. The van der Waals surface area contributed by atoms with Crippen LogP contribution in [0.1, 0.15) is 11.4 Å². The van der Waals surface area contributed by atoms with E-state index >= 15 is 0 Å². The van der Waals surface area contributed by atoms with Gasteiger partial charge in [-0.15, -0.1) is 0 Å². The highest BCUT2D eigenvalue weighted by molar-refractivity contribution is 7.13. The number of nitrogens with zero attached hydrogens (tertiary/aromatic N) is 3. The number of halogens is 4. The van der Waals surface area contributed by atoms with Crippen LogP contribution in [-0.2, 0) is 19.9 Å². The summed E-state index contributed by atoms with van der Waals surface area (Å²) in [6, 6.07) is 4.65. The van der Waals surface area contributed by atoms with Crippen LogP contribution in [0.15, 0.2) is 33.9 Å². The highest BCUT2D eigenvalue weighted by atomic mass is 32.1. The summed E-state index contributed by atoms with van der Waals surface area (Å²) in [5.74, 6) is 0. The first kappa shape index (κ1) is 16.4. The van der Waals surface area contributed by atoms with Crippen molar-refractivity contribution in [1.29, 1.82) is 0 Å². The van der Waals surface area contributed by atoms with E-state index in [1.54, 1.807) is 0 Å². The van der Waals surface area contributed by atoms with Gasteiger partial charge in [0.2, 0.25) is 0 Å². The van der Waals surface area contributed by atoms with Crippen molar-refractivity contribution in [2.45, 2.75) is 12.9 Å². The molecule has 1 aromatic carbocycles. The molecule has 0 atom stereocenters. The summed E-state index contributed by atoms with van der Waals surface area (Å²) in [6.45, 7) is -0.830. The maximum atomic E-state index is 12.9. The molecule has 2 aromatic heterocycles. The second-order valence-corrected chi connectivity index (χ2v) is 5.79. The molecular weight excluding hydrogens is 350 g/mol. The zero-order valence-electron chi connectivity index (χ0n) is 12.1. The van der Waals surface area contributed by atoms with Crippen molar-refractivity contribution in [2.75, 3.05) is 0 Å². The quantitative estimate of drug-likeness (QED) is 0.661. The van der Waals surface area contributed by atoms with Gasteiger partial charge in [-0.25, -0.2) is 13.8 Å². The van der Waals surface area contributed by atoms with Gasteiger partial charge >= 0.3 is 11.9 Å². The fourth-order valence-corrected chi connectivity index (χ4v) is 3.11. The fraction of sp³-hybridized carbons (Fsp3) is 0.214. The zero-order valence-corrected chi connectivity index (χ0v) is 12.9. The summed E-state index contributed by atoms with van der Waals surface area (Å²) < 4.78 is 57.0. The maximum absolute atomic E-state index is 12.9. The van der Waals surface area contributed by atoms with Gasteiger partial charge in [-0.3, -0.25) is 9.36 Å². The van der Waals surface area contributed by atoms with Crippen molar-refractivity contribution < 1.29 is 17.6 Å². The summed E-state index contributed by atoms with van der Waals surface area (Å²) in [5.41, 5.74) is -3.39. The van der Waals surface area contributed by atoms with E-state index in [0.717, 1.165) is 18.6 Å². The Kier molecular flexibility index (Phi) is 3.78. The lowest BCUT2D eigenvalue weighted by Crippen LogP contribution is -2.40. The van der Waals surface area contributed by atoms with E-state index in [0.29, 0.717) is 25.3 Å². The molecule has 0 amide bonds. The van der Waals surface area contributed by atoms with E-state index in [9.17, 15) is 27.2 Å². The van der Waals surface area contributed by atoms with Crippen molar-refractivity contribution in [3.05, 3.63) is 56.5 Å². The molecule has 10 heteroatoms. The Morgan fingerprint density at radius 1 is 1.21 bits per heavy atom. The van der Waals surface area contributed by atoms with Crippen molar-refractivity contribution in [1.82, 2.24) is 13.5 Å². The summed E-state index contributed by atoms with van der Waals surface area (Å²) >= 11 is 1.05. The van der Waals surface area contributed by atoms with E-state index in [-0.39, 0.29) is 11.4 Å². The average Bonchev–Trinajstić information content (AvgIpc) is 2.92. The number of aromatic nitrogens is 3. The van der Waals surface area contributed by atoms with Gasteiger partial charge in [-0.1, -0.05) is 0 Å². The van der Waals surface area contributed by atoms with Gasteiger partial charge in [-0.05, 0) is 29.7 Å². The van der Waals surface area contributed by atoms with Crippen LogP contribution in [0, 0.1) is 0 Å². The van der Waals surface area contributed by atoms with Gasteiger partial charge in [0.05, 0.1) is 16.1 Å². The number of alkyl halides is 4. The molecule has 24 heavy (non-hydrogen) atoms. The topological polar surface area (TPSA) is 56.9 Å². The third-order valence-corrected chi connectivity index (χ3v) is 4.39. The van der Waals surface area contributed by atoms with Crippen LogP contribution < -0.4 is 11.2 Å². The number of rotatable bonds is 2. The Hall–Kier alpha value is -2.49. The van der Waals surface area contributed by atoms with Gasteiger partial charge < -0.3 is 0 Å². The van der Waals surface area contributed by atoms with E-state index in [1.165, 1.54) is 18.2 Å². The fourth-order valence-electron chi connectivity index (χ4n) is 2.35. The van der Waals surface area contributed by atoms with E-state index in [2.05, 4.69) is 4.37 Å². The van der Waals surface area contributed by atoms with Crippen LogP contribution in [0.3, 0.4) is 0 Å². The highest BCUT2D eigenvalue weighted by Gasteiger charge is 2.35. The molecule has 5 nitrogen and oxygen atoms in total. The Bertz CT molecular complexity index is 1050. The predicted molar refractivity (Wildman–Crippen MR) is 80.3 cm³/mol. The normalized spacial score (nSPS) is 12.0. The summed E-state index contributed by atoms with van der Waals surface area (Å²) in [5, 5.41) is 0.411. The van der Waals surface area contributed by atoms with Crippen molar-refractivity contribution >= 4 is 21.6 Å². The van der Waals surface area contributed by atoms with Crippen LogP contribution in [-0.4, -0.2) is 13.5 Å². The monoisotopic (exact) mass is 359 g/mol. The molecule has 0 spiro atoms. The molecule has 0 saturated heterocycles. The molecule has 126 valence electrons. The molecule has 0 aliphatic heterocycles. The first-order valence-electron chi connectivity index (χ1n) is 6.59. The average molecular weight is 359 g/mol. The third-order valence-electron chi connectivity index (χ3n) is 3.52. The van der Waals surface area contributed by atoms with Crippen LogP contribution in [0.5, 0.6) is 0 Å². The molecule has 0 radical (unpaired) electrons. The Morgan fingerprint density at radius 3 is 2.54 bits per heavy atom. The minimum absolute atomic E-state index is 0.0525. The Labute approximate surface area is 135 Å². The Balaban J connectivity index is 2.29. The molecule has 0 unspecified atom stereocenters. The van der Waals surface area contributed by atoms with Crippen LogP contribution in [0.2, 0.25) is 0 Å². The first-order valence-corrected chi connectivity index (χ1v) is 7.36. The van der Waals surface area contributed by atoms with Crippen LogP contribution >= 0.6 is 11.5 Å². The predicted octanol–water partition coefficient (Wildman–Crippen LogP) is 2.63. The third kappa shape index (κ3) is 2.52. The molecule has 0 aliphatic carbocycles. The Morgan fingerprint density at radius 2 is 1.92 bits per heavy atom. The van der Waals surface area contributed by atoms with Crippen molar-refractivity contribution in [2.24, 2.45) is 7.05 Å². The van der Waals surface area contributed by atoms with E-state index < -0.39 is 29.8 Å². The van der Waals surface area contributed by atoms with Crippen LogP contribution in [0.4, 0.5) is 17.6 Å². The smallest absolute Gasteiger partial charge is 0.292 e. The standard InChI is InChI=1S/C14H9F4N3O2S/c1-20-11(14(16,17)18)5-12(22)21(13(20)23)7-2-3-10-8(4-7)9(6-15)19-24-10/h2-5H,6H2,1H3. The highest BCUT2D eigenvalue weighted by Crippen LogP contribution is 2.28. The molecule has 0 bridgehead atoms. The van der Waals surface area contributed by atoms with Crippen LogP contribution in [0.25, 0.3) is 15.8 Å². The van der Waals surface area contributed by atoms with E-state index in [4.69, 9.17) is 0 Å². The van der Waals surface area contributed by atoms with Gasteiger partial charge in [0, 0.05) is 18.5 Å². The number of hydrogen-bond acceptors (Lipinski definition) is 4. The van der Waals surface area contributed by atoms with Gasteiger partial charge in [0.25, 0.3) is 5.56 Å². The molecule has 3 aromatic rings. The molecule has 0 aliphatic rings. The van der Waals surface area contributed by atoms with Crippen molar-refractivity contribution in [3.8, 4) is 5.69 Å². The second-order valence-electron chi connectivity index (χ2n) is 4.99. The first-order chi connectivity index (χ1) is 11.2. The van der Waals surface area contributed by atoms with Gasteiger partial charge in [0.1, 0.15) is 12.4 Å². The lowest BCUT2D eigenvalue weighted by molar-refractivity contribution is -0.144. The van der Waals surface area contributed by atoms with Gasteiger partial charge in [0.15, 0.2) is 0 Å². The second kappa shape index (κ2) is 5.55. The summed E-state index contributed by atoms with van der Waals surface area (Å²) in [7, 11) is 0.929. The SMILES string of the molecule is Cn1c(C(F)(F)F)cc(=O)n(-c2ccc3snc(CF)c3c2)c1=O. The lowest BCUT2D eigenvalue weighted by Gasteiger charge is -2.13. The molecule has 0 fully saturated rings. The number of benzene rings is 1. The number of fused-ring (bicyclic) bond motifs is 1. The van der Waals surface area contributed by atoms with Gasteiger partial charge in [-0.2, -0.15) is 17.5 Å². The molecule has 2 heterocycles. The zero-order chi connectivity index (χ0) is 17.6. The largest absolute Gasteiger partial charge is 0.431 e. The minimum atomic E-state index is -4.82. The minimum Gasteiger partial charge on any atom is -0.292 e. The summed E-state index contributed by atoms with van der Waals surface area (Å²) in [4.78, 5) is 24.3. The molecule has 3 rings (SSSR count). The maximum Gasteiger partial charge on any atom is 0.431 e. The molecular formula is C14H9F4N3O2S.